The van der Waals surface area contributed by atoms with Crippen LogP contribution in [0.4, 0.5) is 5.69 Å². The standard InChI is InChI=1S/C16H25N3O2.ClH/c1-4-16(5-2,11-17)15(21)18-10-13-7-6-8-14(9-13)19-12(3)20;/h6-9H,4-5,10-11,17H2,1-3H3,(H,18,21)(H,19,20);1H. The Morgan fingerprint density at radius 1 is 1.23 bits per heavy atom. The number of amides is 2. The van der Waals surface area contributed by atoms with Gasteiger partial charge in [0.05, 0.1) is 5.41 Å². The monoisotopic (exact) mass is 327 g/mol. The van der Waals surface area contributed by atoms with Crippen LogP contribution in [0.15, 0.2) is 24.3 Å². The summed E-state index contributed by atoms with van der Waals surface area (Å²) in [5.41, 5.74) is 6.94. The molecule has 0 aliphatic carbocycles. The molecule has 1 rings (SSSR count). The predicted octanol–water partition coefficient (Wildman–Crippen LogP) is 2.45. The summed E-state index contributed by atoms with van der Waals surface area (Å²) in [7, 11) is 0. The molecule has 1 aromatic rings. The number of hydrogen-bond acceptors (Lipinski definition) is 3. The van der Waals surface area contributed by atoms with Crippen molar-refractivity contribution >= 4 is 29.9 Å². The van der Waals surface area contributed by atoms with E-state index in [1.807, 2.05) is 38.1 Å². The lowest BCUT2D eigenvalue weighted by Crippen LogP contribution is -2.45. The Morgan fingerprint density at radius 2 is 1.86 bits per heavy atom. The number of halogens is 1. The largest absolute Gasteiger partial charge is 0.352 e. The smallest absolute Gasteiger partial charge is 0.227 e. The molecule has 124 valence electrons. The second-order valence-corrected chi connectivity index (χ2v) is 5.26. The van der Waals surface area contributed by atoms with Gasteiger partial charge in [-0.05, 0) is 30.5 Å². The Morgan fingerprint density at radius 3 is 2.36 bits per heavy atom. The topological polar surface area (TPSA) is 84.2 Å². The first-order chi connectivity index (χ1) is 9.97. The Labute approximate surface area is 138 Å². The van der Waals surface area contributed by atoms with Crippen LogP contribution in [0, 0.1) is 5.41 Å². The van der Waals surface area contributed by atoms with Gasteiger partial charge in [-0.25, -0.2) is 0 Å². The quantitative estimate of drug-likeness (QED) is 0.719. The normalized spacial score (nSPS) is 10.5. The third-order valence-corrected chi connectivity index (χ3v) is 3.93. The Bertz CT molecular complexity index is 494. The number of anilines is 1. The first kappa shape index (κ1) is 20.4. The molecule has 5 nitrogen and oxygen atoms in total. The van der Waals surface area contributed by atoms with Crippen molar-refractivity contribution in [3.8, 4) is 0 Å². The molecular weight excluding hydrogens is 302 g/mol. The van der Waals surface area contributed by atoms with Crippen molar-refractivity contribution in [1.82, 2.24) is 5.32 Å². The average Bonchev–Trinajstić information content (AvgIpc) is 2.47. The molecular formula is C16H26ClN3O2. The van der Waals surface area contributed by atoms with Crippen LogP contribution < -0.4 is 16.4 Å². The molecule has 0 radical (unpaired) electrons. The molecule has 6 heteroatoms. The zero-order valence-electron chi connectivity index (χ0n) is 13.4. The summed E-state index contributed by atoms with van der Waals surface area (Å²) in [5, 5.41) is 5.67. The maximum Gasteiger partial charge on any atom is 0.227 e. The molecule has 0 unspecified atom stereocenters. The summed E-state index contributed by atoms with van der Waals surface area (Å²) in [4.78, 5) is 23.4. The van der Waals surface area contributed by atoms with Crippen LogP contribution >= 0.6 is 12.4 Å². The third-order valence-electron chi connectivity index (χ3n) is 3.93. The lowest BCUT2D eigenvalue weighted by molar-refractivity contribution is -0.131. The van der Waals surface area contributed by atoms with Crippen molar-refractivity contribution in [2.75, 3.05) is 11.9 Å². The maximum atomic E-state index is 12.3. The molecule has 0 bridgehead atoms. The van der Waals surface area contributed by atoms with Gasteiger partial charge in [0.1, 0.15) is 0 Å². The molecule has 0 fully saturated rings. The van der Waals surface area contributed by atoms with Crippen LogP contribution in [0.5, 0.6) is 0 Å². The molecule has 0 saturated heterocycles. The van der Waals surface area contributed by atoms with Crippen molar-refractivity contribution in [3.63, 3.8) is 0 Å². The highest BCUT2D eigenvalue weighted by molar-refractivity contribution is 5.88. The van der Waals surface area contributed by atoms with Gasteiger partial charge in [0.15, 0.2) is 0 Å². The fraction of sp³-hybridized carbons (Fsp3) is 0.500. The van der Waals surface area contributed by atoms with E-state index in [0.29, 0.717) is 13.1 Å². The van der Waals surface area contributed by atoms with Crippen molar-refractivity contribution in [3.05, 3.63) is 29.8 Å². The van der Waals surface area contributed by atoms with Crippen LogP contribution in [0.1, 0.15) is 39.2 Å². The minimum atomic E-state index is -0.491. The zero-order valence-corrected chi connectivity index (χ0v) is 14.3. The second kappa shape index (κ2) is 9.43. The molecule has 4 N–H and O–H groups in total. The minimum Gasteiger partial charge on any atom is -0.352 e. The van der Waals surface area contributed by atoms with E-state index in [-0.39, 0.29) is 24.2 Å². The van der Waals surface area contributed by atoms with Gasteiger partial charge >= 0.3 is 0 Å². The summed E-state index contributed by atoms with van der Waals surface area (Å²) < 4.78 is 0. The lowest BCUT2D eigenvalue weighted by Gasteiger charge is -2.28. The van der Waals surface area contributed by atoms with E-state index < -0.39 is 5.41 Å². The van der Waals surface area contributed by atoms with Gasteiger partial charge in [-0.2, -0.15) is 0 Å². The number of carbonyl (C=O) groups is 2. The molecule has 0 saturated carbocycles. The average molecular weight is 328 g/mol. The van der Waals surface area contributed by atoms with Gasteiger partial charge in [0.2, 0.25) is 11.8 Å². The van der Waals surface area contributed by atoms with Crippen LogP contribution in [-0.2, 0) is 16.1 Å². The summed E-state index contributed by atoms with van der Waals surface area (Å²) in [6.07, 6.45) is 1.44. The number of nitrogens with two attached hydrogens (primary N) is 1. The van der Waals surface area contributed by atoms with Crippen LogP contribution in [0.25, 0.3) is 0 Å². The number of benzene rings is 1. The summed E-state index contributed by atoms with van der Waals surface area (Å²) in [5.74, 6) is -0.129. The summed E-state index contributed by atoms with van der Waals surface area (Å²) >= 11 is 0. The van der Waals surface area contributed by atoms with E-state index in [1.165, 1.54) is 6.92 Å². The van der Waals surface area contributed by atoms with Gasteiger partial charge < -0.3 is 16.4 Å². The van der Waals surface area contributed by atoms with Gasteiger partial charge in [-0.3, -0.25) is 9.59 Å². The fourth-order valence-corrected chi connectivity index (χ4v) is 2.28. The SMILES string of the molecule is CCC(CC)(CN)C(=O)NCc1cccc(NC(C)=O)c1.Cl. The molecule has 0 atom stereocenters. The Hall–Kier alpha value is -1.59. The van der Waals surface area contributed by atoms with E-state index in [4.69, 9.17) is 5.73 Å². The van der Waals surface area contributed by atoms with Gasteiger partial charge in [0, 0.05) is 25.7 Å². The lowest BCUT2D eigenvalue weighted by atomic mass is 9.81. The number of carbonyl (C=O) groups excluding carboxylic acids is 2. The minimum absolute atomic E-state index is 0. The zero-order chi connectivity index (χ0) is 15.9. The van der Waals surface area contributed by atoms with Gasteiger partial charge in [-0.1, -0.05) is 26.0 Å². The van der Waals surface area contributed by atoms with Crippen LogP contribution in [0.3, 0.4) is 0 Å². The number of nitrogens with one attached hydrogen (secondary N) is 2. The highest BCUT2D eigenvalue weighted by Gasteiger charge is 2.32. The van der Waals surface area contributed by atoms with E-state index in [1.54, 1.807) is 0 Å². The molecule has 22 heavy (non-hydrogen) atoms. The fourth-order valence-electron chi connectivity index (χ4n) is 2.28. The highest BCUT2D eigenvalue weighted by atomic mass is 35.5. The molecule has 1 aromatic carbocycles. The molecule has 0 spiro atoms. The first-order valence-corrected chi connectivity index (χ1v) is 7.32. The maximum absolute atomic E-state index is 12.3. The molecule has 0 aliphatic heterocycles. The van der Waals surface area contributed by atoms with Crippen LogP contribution in [-0.4, -0.2) is 18.4 Å². The number of hydrogen-bond donors (Lipinski definition) is 3. The van der Waals surface area contributed by atoms with E-state index in [2.05, 4.69) is 10.6 Å². The third kappa shape index (κ3) is 5.31. The second-order valence-electron chi connectivity index (χ2n) is 5.26. The van der Waals surface area contributed by atoms with Crippen molar-refractivity contribution in [2.24, 2.45) is 11.1 Å². The van der Waals surface area contributed by atoms with Crippen molar-refractivity contribution in [1.29, 1.82) is 0 Å². The van der Waals surface area contributed by atoms with E-state index in [9.17, 15) is 9.59 Å². The molecule has 0 aliphatic rings. The molecule has 0 heterocycles. The first-order valence-electron chi connectivity index (χ1n) is 7.32. The summed E-state index contributed by atoms with van der Waals surface area (Å²) in [6, 6.07) is 7.43. The van der Waals surface area contributed by atoms with Crippen LogP contribution in [0.2, 0.25) is 0 Å². The van der Waals surface area contributed by atoms with Crippen molar-refractivity contribution < 1.29 is 9.59 Å². The molecule has 2 amide bonds. The van der Waals surface area contributed by atoms with Gasteiger partial charge in [0.25, 0.3) is 0 Å². The predicted molar refractivity (Wildman–Crippen MR) is 91.9 cm³/mol. The van der Waals surface area contributed by atoms with E-state index >= 15 is 0 Å². The van der Waals surface area contributed by atoms with E-state index in [0.717, 1.165) is 24.1 Å². The highest BCUT2D eigenvalue weighted by Crippen LogP contribution is 2.25. The Balaban J connectivity index is 0.00000441. The molecule has 0 aromatic heterocycles. The van der Waals surface area contributed by atoms with Crippen molar-refractivity contribution in [2.45, 2.75) is 40.2 Å². The van der Waals surface area contributed by atoms with Gasteiger partial charge in [-0.15, -0.1) is 12.4 Å². The summed E-state index contributed by atoms with van der Waals surface area (Å²) in [6.45, 7) is 6.19. The Kier molecular flexibility index (Phi) is 8.75. The number of rotatable bonds is 7.